The van der Waals surface area contributed by atoms with Crippen molar-refractivity contribution in [1.82, 2.24) is 4.90 Å². The molecule has 1 amide bonds. The van der Waals surface area contributed by atoms with Gasteiger partial charge in [0, 0.05) is 19.5 Å². The molecule has 5 heteroatoms. The highest BCUT2D eigenvalue weighted by molar-refractivity contribution is 5.68. The minimum Gasteiger partial charge on any atom is -0.444 e. The second kappa shape index (κ2) is 6.25. The third-order valence-corrected chi connectivity index (χ3v) is 4.10. The Bertz CT molecular complexity index is 358. The molecule has 3 unspecified atom stereocenters. The van der Waals surface area contributed by atoms with Crippen molar-refractivity contribution in [3.05, 3.63) is 0 Å². The van der Waals surface area contributed by atoms with Gasteiger partial charge in [-0.3, -0.25) is 0 Å². The van der Waals surface area contributed by atoms with Crippen LogP contribution >= 0.6 is 0 Å². The van der Waals surface area contributed by atoms with Crippen LogP contribution in [-0.4, -0.2) is 43.4 Å². The summed E-state index contributed by atoms with van der Waals surface area (Å²) in [4.78, 5) is 13.7. The number of ether oxygens (including phenoxy) is 2. The molecule has 0 saturated carbocycles. The van der Waals surface area contributed by atoms with Gasteiger partial charge in [0.25, 0.3) is 0 Å². The molecule has 2 aliphatic rings. The average molecular weight is 266 g/mol. The molecule has 106 valence electrons. The summed E-state index contributed by atoms with van der Waals surface area (Å²) in [5, 5.41) is 9.25. The van der Waals surface area contributed by atoms with Crippen LogP contribution in [0.15, 0.2) is 0 Å². The van der Waals surface area contributed by atoms with Crippen LogP contribution < -0.4 is 0 Å². The minimum absolute atomic E-state index is 0.0823. The molecule has 2 heterocycles. The second-order valence-electron chi connectivity index (χ2n) is 5.75. The molecule has 0 aromatic carbocycles. The fourth-order valence-electron chi connectivity index (χ4n) is 2.89. The minimum atomic E-state index is -0.294. The zero-order valence-electron chi connectivity index (χ0n) is 11.7. The van der Waals surface area contributed by atoms with Crippen molar-refractivity contribution in [2.24, 2.45) is 17.8 Å². The van der Waals surface area contributed by atoms with E-state index in [4.69, 9.17) is 9.47 Å². The Kier molecular flexibility index (Phi) is 4.65. The normalized spacial score (nSPS) is 31.3. The molecule has 2 saturated heterocycles. The van der Waals surface area contributed by atoms with Gasteiger partial charge in [-0.25, -0.2) is 4.79 Å². The number of rotatable bonds is 2. The smallest absolute Gasteiger partial charge is 0.410 e. The Balaban J connectivity index is 1.88. The lowest BCUT2D eigenvalue weighted by Gasteiger charge is -2.37. The number of likely N-dealkylation sites (tertiary alicyclic amines) is 1. The highest BCUT2D eigenvalue weighted by atomic mass is 16.6. The summed E-state index contributed by atoms with van der Waals surface area (Å²) in [5.74, 6) is 0.774. The van der Waals surface area contributed by atoms with Crippen LogP contribution in [0.4, 0.5) is 4.79 Å². The van der Waals surface area contributed by atoms with Crippen LogP contribution in [0.2, 0.25) is 0 Å². The van der Waals surface area contributed by atoms with Gasteiger partial charge in [-0.1, -0.05) is 13.8 Å². The van der Waals surface area contributed by atoms with Gasteiger partial charge in [0.1, 0.15) is 6.10 Å². The maximum Gasteiger partial charge on any atom is 0.410 e. The van der Waals surface area contributed by atoms with Gasteiger partial charge < -0.3 is 14.4 Å². The molecule has 0 aliphatic carbocycles. The van der Waals surface area contributed by atoms with Crippen molar-refractivity contribution < 1.29 is 14.3 Å². The molecule has 2 rings (SSSR count). The standard InChI is InChI=1S/C14H22N2O3/c1-10(2)13-3-5-16(8-11(13)7-15)14(17)19-12-4-6-18-9-12/h10-13H,3-6,8-9H2,1-2H3. The molecule has 0 bridgehead atoms. The Hall–Kier alpha value is -1.28. The molecular formula is C14H22N2O3. The predicted octanol–water partition coefficient (Wildman–Crippen LogP) is 2.03. The Morgan fingerprint density at radius 3 is 2.84 bits per heavy atom. The summed E-state index contributed by atoms with van der Waals surface area (Å²) in [6.07, 6.45) is 1.25. The van der Waals surface area contributed by atoms with E-state index in [2.05, 4.69) is 19.9 Å². The molecule has 2 aliphatic heterocycles. The van der Waals surface area contributed by atoms with E-state index < -0.39 is 0 Å². The van der Waals surface area contributed by atoms with E-state index >= 15 is 0 Å². The molecule has 2 fully saturated rings. The lowest BCUT2D eigenvalue weighted by Crippen LogP contribution is -2.45. The molecule has 0 spiro atoms. The van der Waals surface area contributed by atoms with E-state index in [1.165, 1.54) is 0 Å². The molecular weight excluding hydrogens is 244 g/mol. The number of piperidine rings is 1. The fourth-order valence-corrected chi connectivity index (χ4v) is 2.89. The Morgan fingerprint density at radius 1 is 1.47 bits per heavy atom. The summed E-state index contributed by atoms with van der Waals surface area (Å²) >= 11 is 0. The highest BCUT2D eigenvalue weighted by Crippen LogP contribution is 2.30. The van der Waals surface area contributed by atoms with E-state index in [1.54, 1.807) is 4.90 Å². The molecule has 19 heavy (non-hydrogen) atoms. The first-order valence-electron chi connectivity index (χ1n) is 7.04. The van der Waals surface area contributed by atoms with Crippen molar-refractivity contribution in [1.29, 1.82) is 5.26 Å². The van der Waals surface area contributed by atoms with Crippen molar-refractivity contribution in [2.75, 3.05) is 26.3 Å². The number of nitriles is 1. The topological polar surface area (TPSA) is 62.6 Å². The van der Waals surface area contributed by atoms with Gasteiger partial charge in [0.15, 0.2) is 0 Å². The van der Waals surface area contributed by atoms with Crippen molar-refractivity contribution in [3.8, 4) is 6.07 Å². The van der Waals surface area contributed by atoms with Crippen LogP contribution in [0, 0.1) is 29.1 Å². The summed E-state index contributed by atoms with van der Waals surface area (Å²) in [6.45, 7) is 6.61. The van der Waals surface area contributed by atoms with E-state index in [0.717, 1.165) is 12.8 Å². The maximum absolute atomic E-state index is 12.0. The van der Waals surface area contributed by atoms with E-state index in [0.29, 0.717) is 38.1 Å². The zero-order valence-corrected chi connectivity index (χ0v) is 11.7. The quantitative estimate of drug-likeness (QED) is 0.767. The number of hydrogen-bond acceptors (Lipinski definition) is 4. The van der Waals surface area contributed by atoms with Gasteiger partial charge in [0.2, 0.25) is 0 Å². The van der Waals surface area contributed by atoms with Crippen molar-refractivity contribution >= 4 is 6.09 Å². The summed E-state index contributed by atoms with van der Waals surface area (Å²) in [7, 11) is 0. The summed E-state index contributed by atoms with van der Waals surface area (Å²) < 4.78 is 10.6. The maximum atomic E-state index is 12.0. The third-order valence-electron chi connectivity index (χ3n) is 4.10. The summed E-state index contributed by atoms with van der Waals surface area (Å²) in [5.41, 5.74) is 0. The first-order valence-corrected chi connectivity index (χ1v) is 7.04. The summed E-state index contributed by atoms with van der Waals surface area (Å²) in [6, 6.07) is 2.34. The first-order chi connectivity index (χ1) is 9.11. The number of carbonyl (C=O) groups is 1. The number of amides is 1. The van der Waals surface area contributed by atoms with Gasteiger partial charge in [-0.05, 0) is 18.3 Å². The first kappa shape index (κ1) is 14.1. The van der Waals surface area contributed by atoms with Crippen molar-refractivity contribution in [3.63, 3.8) is 0 Å². The lowest BCUT2D eigenvalue weighted by atomic mass is 9.79. The SMILES string of the molecule is CC(C)C1CCN(C(=O)OC2CCOC2)CC1C#N. The highest BCUT2D eigenvalue weighted by Gasteiger charge is 2.34. The zero-order chi connectivity index (χ0) is 13.8. The lowest BCUT2D eigenvalue weighted by molar-refractivity contribution is 0.0369. The van der Waals surface area contributed by atoms with Crippen LogP contribution in [0.25, 0.3) is 0 Å². The van der Waals surface area contributed by atoms with Crippen molar-refractivity contribution in [2.45, 2.75) is 32.8 Å². The second-order valence-corrected chi connectivity index (χ2v) is 5.75. The fraction of sp³-hybridized carbons (Fsp3) is 0.857. The average Bonchev–Trinajstić information content (AvgIpc) is 2.90. The van der Waals surface area contributed by atoms with Crippen LogP contribution in [0.1, 0.15) is 26.7 Å². The van der Waals surface area contributed by atoms with E-state index in [1.807, 2.05) is 0 Å². The number of nitrogens with zero attached hydrogens (tertiary/aromatic N) is 2. The van der Waals surface area contributed by atoms with Gasteiger partial charge >= 0.3 is 6.09 Å². The number of hydrogen-bond donors (Lipinski definition) is 0. The monoisotopic (exact) mass is 266 g/mol. The molecule has 0 aromatic heterocycles. The van der Waals surface area contributed by atoms with Crippen LogP contribution in [-0.2, 0) is 9.47 Å². The molecule has 5 nitrogen and oxygen atoms in total. The number of carbonyl (C=O) groups excluding carboxylic acids is 1. The van der Waals surface area contributed by atoms with Crippen LogP contribution in [0.5, 0.6) is 0 Å². The predicted molar refractivity (Wildman–Crippen MR) is 69.3 cm³/mol. The molecule has 3 atom stereocenters. The molecule has 0 radical (unpaired) electrons. The van der Waals surface area contributed by atoms with Gasteiger partial charge in [0.05, 0.1) is 25.2 Å². The largest absolute Gasteiger partial charge is 0.444 e. The van der Waals surface area contributed by atoms with Crippen LogP contribution in [0.3, 0.4) is 0 Å². The Labute approximate surface area is 114 Å². The molecule has 0 aromatic rings. The van der Waals surface area contributed by atoms with E-state index in [9.17, 15) is 10.1 Å². The van der Waals surface area contributed by atoms with E-state index in [-0.39, 0.29) is 18.1 Å². The van der Waals surface area contributed by atoms with Gasteiger partial charge in [-0.15, -0.1) is 0 Å². The van der Waals surface area contributed by atoms with Gasteiger partial charge in [-0.2, -0.15) is 5.26 Å². The molecule has 0 N–H and O–H groups in total. The Morgan fingerprint density at radius 2 is 2.26 bits per heavy atom. The third kappa shape index (κ3) is 3.38.